The summed E-state index contributed by atoms with van der Waals surface area (Å²) in [4.78, 5) is 0. The van der Waals surface area contributed by atoms with Crippen molar-refractivity contribution in [1.29, 1.82) is 0 Å². The molecular weight excluding hydrogens is 130 g/mol. The minimum absolute atomic E-state index is 0.0253. The molecule has 0 amide bonds. The molecule has 1 saturated heterocycles. The summed E-state index contributed by atoms with van der Waals surface area (Å²) in [7, 11) is 0. The molecule has 0 spiro atoms. The molecule has 0 aromatic heterocycles. The number of ether oxygens (including phenoxy) is 2. The Morgan fingerprint density at radius 1 is 1.50 bits per heavy atom. The van der Waals surface area contributed by atoms with Crippen LogP contribution in [-0.2, 0) is 9.47 Å². The van der Waals surface area contributed by atoms with Gasteiger partial charge in [-0.05, 0) is 19.3 Å². The zero-order valence-corrected chi connectivity index (χ0v) is 6.21. The summed E-state index contributed by atoms with van der Waals surface area (Å²) in [6.45, 7) is 2.04. The highest BCUT2D eigenvalue weighted by molar-refractivity contribution is 4.53. The van der Waals surface area contributed by atoms with Crippen LogP contribution in [0, 0.1) is 0 Å². The standard InChI is InChI=1S/C7H15NO2/c8-4-6-10-7-3-1-2-5-9-7/h7H,1-6,8H2/t7-/m0/s1. The molecule has 0 bridgehead atoms. The quantitative estimate of drug-likeness (QED) is 0.628. The molecule has 1 atom stereocenters. The van der Waals surface area contributed by atoms with Crippen molar-refractivity contribution < 1.29 is 9.47 Å². The molecule has 0 saturated carbocycles. The summed E-state index contributed by atoms with van der Waals surface area (Å²) in [6, 6.07) is 0. The van der Waals surface area contributed by atoms with Crippen LogP contribution < -0.4 is 5.73 Å². The molecule has 0 aromatic carbocycles. The van der Waals surface area contributed by atoms with E-state index in [4.69, 9.17) is 15.2 Å². The van der Waals surface area contributed by atoms with E-state index in [0.29, 0.717) is 13.2 Å². The van der Waals surface area contributed by atoms with Gasteiger partial charge in [-0.15, -0.1) is 0 Å². The van der Waals surface area contributed by atoms with E-state index in [2.05, 4.69) is 0 Å². The van der Waals surface area contributed by atoms with Gasteiger partial charge in [-0.25, -0.2) is 0 Å². The smallest absolute Gasteiger partial charge is 0.157 e. The minimum Gasteiger partial charge on any atom is -0.353 e. The zero-order valence-electron chi connectivity index (χ0n) is 6.21. The van der Waals surface area contributed by atoms with E-state index in [1.165, 1.54) is 12.8 Å². The molecular formula is C7H15NO2. The van der Waals surface area contributed by atoms with Gasteiger partial charge in [0.15, 0.2) is 6.29 Å². The van der Waals surface area contributed by atoms with Crippen molar-refractivity contribution in [3.8, 4) is 0 Å². The second-order valence-electron chi connectivity index (χ2n) is 2.46. The molecule has 1 heterocycles. The first-order valence-corrected chi connectivity index (χ1v) is 3.87. The van der Waals surface area contributed by atoms with Gasteiger partial charge >= 0.3 is 0 Å². The van der Waals surface area contributed by atoms with E-state index >= 15 is 0 Å². The Hall–Kier alpha value is -0.120. The number of hydrogen-bond acceptors (Lipinski definition) is 3. The van der Waals surface area contributed by atoms with E-state index < -0.39 is 0 Å². The first kappa shape index (κ1) is 7.98. The minimum atomic E-state index is 0.0253. The predicted octanol–water partition coefficient (Wildman–Crippen LogP) is 0.488. The topological polar surface area (TPSA) is 44.5 Å². The third kappa shape index (κ3) is 2.64. The highest BCUT2D eigenvalue weighted by Crippen LogP contribution is 2.12. The summed E-state index contributed by atoms with van der Waals surface area (Å²) in [5, 5.41) is 0. The molecule has 1 aliphatic rings. The normalized spacial score (nSPS) is 26.7. The van der Waals surface area contributed by atoms with Crippen molar-refractivity contribution in [3.63, 3.8) is 0 Å². The lowest BCUT2D eigenvalue weighted by atomic mass is 10.2. The third-order valence-corrected chi connectivity index (χ3v) is 1.56. The molecule has 1 aliphatic heterocycles. The number of nitrogens with two attached hydrogens (primary N) is 1. The Morgan fingerprint density at radius 2 is 2.40 bits per heavy atom. The number of hydrogen-bond donors (Lipinski definition) is 1. The highest BCUT2D eigenvalue weighted by atomic mass is 16.7. The fourth-order valence-corrected chi connectivity index (χ4v) is 1.04. The molecule has 0 aliphatic carbocycles. The van der Waals surface area contributed by atoms with Gasteiger partial charge in [-0.1, -0.05) is 0 Å². The van der Waals surface area contributed by atoms with Crippen LogP contribution in [0.15, 0.2) is 0 Å². The second-order valence-corrected chi connectivity index (χ2v) is 2.46. The molecule has 0 radical (unpaired) electrons. The first-order chi connectivity index (χ1) is 4.93. The van der Waals surface area contributed by atoms with E-state index in [9.17, 15) is 0 Å². The zero-order chi connectivity index (χ0) is 7.23. The van der Waals surface area contributed by atoms with Gasteiger partial charge in [-0.2, -0.15) is 0 Å². The lowest BCUT2D eigenvalue weighted by molar-refractivity contribution is -0.160. The fourth-order valence-electron chi connectivity index (χ4n) is 1.04. The average Bonchev–Trinajstić information content (AvgIpc) is 2.03. The monoisotopic (exact) mass is 145 g/mol. The van der Waals surface area contributed by atoms with Gasteiger partial charge in [-0.3, -0.25) is 0 Å². The lowest BCUT2D eigenvalue weighted by Gasteiger charge is -2.22. The summed E-state index contributed by atoms with van der Waals surface area (Å²) in [5.41, 5.74) is 5.27. The van der Waals surface area contributed by atoms with Crippen molar-refractivity contribution in [2.75, 3.05) is 19.8 Å². The SMILES string of the molecule is NCCO[C@H]1CCCCO1. The number of rotatable bonds is 3. The molecule has 1 rings (SSSR count). The molecule has 3 heteroatoms. The molecule has 2 N–H and O–H groups in total. The van der Waals surface area contributed by atoms with Crippen LogP contribution in [0.5, 0.6) is 0 Å². The van der Waals surface area contributed by atoms with Crippen LogP contribution in [0.25, 0.3) is 0 Å². The largest absolute Gasteiger partial charge is 0.353 e. The van der Waals surface area contributed by atoms with Crippen LogP contribution in [-0.4, -0.2) is 26.0 Å². The maximum absolute atomic E-state index is 5.30. The Bertz CT molecular complexity index is 81.7. The first-order valence-electron chi connectivity index (χ1n) is 3.87. The van der Waals surface area contributed by atoms with Gasteiger partial charge in [0.2, 0.25) is 0 Å². The molecule has 0 aromatic rings. The van der Waals surface area contributed by atoms with Crippen LogP contribution in [0.1, 0.15) is 19.3 Å². The summed E-state index contributed by atoms with van der Waals surface area (Å²) in [6.07, 6.45) is 3.44. The maximum Gasteiger partial charge on any atom is 0.157 e. The van der Waals surface area contributed by atoms with E-state index in [1.54, 1.807) is 0 Å². The maximum atomic E-state index is 5.30. The van der Waals surface area contributed by atoms with E-state index in [1.807, 2.05) is 0 Å². The molecule has 60 valence electrons. The predicted molar refractivity (Wildman–Crippen MR) is 38.6 cm³/mol. The van der Waals surface area contributed by atoms with Crippen LogP contribution in [0.2, 0.25) is 0 Å². The fraction of sp³-hybridized carbons (Fsp3) is 1.00. The second kappa shape index (κ2) is 4.66. The van der Waals surface area contributed by atoms with E-state index in [-0.39, 0.29) is 6.29 Å². The van der Waals surface area contributed by atoms with Crippen molar-refractivity contribution in [1.82, 2.24) is 0 Å². The third-order valence-electron chi connectivity index (χ3n) is 1.56. The van der Waals surface area contributed by atoms with Gasteiger partial charge in [0, 0.05) is 13.2 Å². The Labute approximate surface area is 61.5 Å². The van der Waals surface area contributed by atoms with E-state index in [0.717, 1.165) is 13.0 Å². The van der Waals surface area contributed by atoms with Crippen LogP contribution in [0.3, 0.4) is 0 Å². The molecule has 1 fully saturated rings. The Balaban J connectivity index is 2.02. The summed E-state index contributed by atoms with van der Waals surface area (Å²) < 4.78 is 10.6. The van der Waals surface area contributed by atoms with Gasteiger partial charge in [0.25, 0.3) is 0 Å². The van der Waals surface area contributed by atoms with Crippen LogP contribution >= 0.6 is 0 Å². The highest BCUT2D eigenvalue weighted by Gasteiger charge is 2.12. The average molecular weight is 145 g/mol. The summed E-state index contributed by atoms with van der Waals surface area (Å²) >= 11 is 0. The molecule has 10 heavy (non-hydrogen) atoms. The Morgan fingerprint density at radius 3 is 3.00 bits per heavy atom. The van der Waals surface area contributed by atoms with Gasteiger partial charge in [0.05, 0.1) is 6.61 Å². The Kier molecular flexibility index (Phi) is 3.72. The van der Waals surface area contributed by atoms with Crippen molar-refractivity contribution >= 4 is 0 Å². The van der Waals surface area contributed by atoms with Gasteiger partial charge in [0.1, 0.15) is 0 Å². The van der Waals surface area contributed by atoms with Gasteiger partial charge < -0.3 is 15.2 Å². The van der Waals surface area contributed by atoms with Crippen molar-refractivity contribution in [3.05, 3.63) is 0 Å². The summed E-state index contributed by atoms with van der Waals surface area (Å²) in [5.74, 6) is 0. The molecule has 0 unspecified atom stereocenters. The van der Waals surface area contributed by atoms with Crippen LogP contribution in [0.4, 0.5) is 0 Å². The lowest BCUT2D eigenvalue weighted by Crippen LogP contribution is -2.24. The van der Waals surface area contributed by atoms with Crippen molar-refractivity contribution in [2.45, 2.75) is 25.6 Å². The molecule has 3 nitrogen and oxygen atoms in total. The van der Waals surface area contributed by atoms with Crippen molar-refractivity contribution in [2.24, 2.45) is 5.73 Å².